The van der Waals surface area contributed by atoms with Crippen molar-refractivity contribution in [2.45, 2.75) is 19.4 Å². The molecule has 0 aliphatic heterocycles. The van der Waals surface area contributed by atoms with Crippen LogP contribution in [0.2, 0.25) is 0 Å². The lowest BCUT2D eigenvalue weighted by Gasteiger charge is -2.13. The maximum absolute atomic E-state index is 12.7. The number of imidazole rings is 1. The van der Waals surface area contributed by atoms with Crippen molar-refractivity contribution < 1.29 is 4.79 Å². The van der Waals surface area contributed by atoms with E-state index in [1.54, 1.807) is 12.3 Å². The third-order valence-electron chi connectivity index (χ3n) is 4.62. The summed E-state index contributed by atoms with van der Waals surface area (Å²) in [6, 6.07) is 21.3. The molecule has 1 atom stereocenters. The largest absolute Gasteiger partial charge is 0.341 e. The van der Waals surface area contributed by atoms with Gasteiger partial charge in [0.1, 0.15) is 11.5 Å². The summed E-state index contributed by atoms with van der Waals surface area (Å²) >= 11 is 0. The van der Waals surface area contributed by atoms with E-state index in [2.05, 4.69) is 25.5 Å². The molecule has 2 aromatic heterocycles. The molecule has 0 aliphatic rings. The first-order valence-electron chi connectivity index (χ1n) is 9.26. The van der Waals surface area contributed by atoms with Gasteiger partial charge >= 0.3 is 0 Å². The van der Waals surface area contributed by atoms with Crippen LogP contribution in [0.1, 0.15) is 35.7 Å². The number of benzene rings is 2. The van der Waals surface area contributed by atoms with E-state index >= 15 is 0 Å². The quantitative estimate of drug-likeness (QED) is 0.471. The highest BCUT2D eigenvalue weighted by molar-refractivity contribution is 5.93. The second-order valence-corrected chi connectivity index (χ2v) is 6.52. The zero-order chi connectivity index (χ0) is 19.3. The Morgan fingerprint density at radius 3 is 2.39 bits per heavy atom. The van der Waals surface area contributed by atoms with Crippen molar-refractivity contribution >= 4 is 5.91 Å². The van der Waals surface area contributed by atoms with E-state index in [-0.39, 0.29) is 11.9 Å². The van der Waals surface area contributed by atoms with E-state index in [0.717, 1.165) is 28.3 Å². The van der Waals surface area contributed by atoms with E-state index in [1.165, 1.54) is 0 Å². The number of carbonyl (C=O) groups is 1. The highest BCUT2D eigenvalue weighted by Gasteiger charge is 2.19. The van der Waals surface area contributed by atoms with Crippen LogP contribution in [0.4, 0.5) is 0 Å². The summed E-state index contributed by atoms with van der Waals surface area (Å²) in [5.74, 6) is 0.525. The molecule has 0 radical (unpaired) electrons. The van der Waals surface area contributed by atoms with Gasteiger partial charge in [0.05, 0.1) is 23.6 Å². The monoisotopic (exact) mass is 371 g/mol. The fraction of sp³-hybridized carbons (Fsp3) is 0.136. The zero-order valence-corrected chi connectivity index (χ0v) is 15.5. The van der Waals surface area contributed by atoms with Gasteiger partial charge in [-0.2, -0.15) is 5.10 Å². The molecule has 28 heavy (non-hydrogen) atoms. The van der Waals surface area contributed by atoms with Crippen LogP contribution in [-0.2, 0) is 0 Å². The number of hydrogen-bond acceptors (Lipinski definition) is 3. The number of hydrogen-bond donors (Lipinski definition) is 3. The Morgan fingerprint density at radius 2 is 1.71 bits per heavy atom. The molecular weight excluding hydrogens is 350 g/mol. The summed E-state index contributed by atoms with van der Waals surface area (Å²) in [5.41, 5.74) is 4.11. The molecule has 140 valence electrons. The number of aromatic amines is 2. The average Bonchev–Trinajstić information content (AvgIpc) is 3.43. The van der Waals surface area contributed by atoms with E-state index < -0.39 is 0 Å². The number of H-pyrrole nitrogens is 2. The van der Waals surface area contributed by atoms with Crippen LogP contribution in [0.25, 0.3) is 22.5 Å². The van der Waals surface area contributed by atoms with Crippen LogP contribution in [0.3, 0.4) is 0 Å². The zero-order valence-electron chi connectivity index (χ0n) is 15.5. The summed E-state index contributed by atoms with van der Waals surface area (Å²) in [5, 5.41) is 10.1. The maximum atomic E-state index is 12.7. The summed E-state index contributed by atoms with van der Waals surface area (Å²) in [7, 11) is 0. The van der Waals surface area contributed by atoms with Gasteiger partial charge < -0.3 is 10.3 Å². The van der Waals surface area contributed by atoms with E-state index in [9.17, 15) is 4.79 Å². The molecule has 2 heterocycles. The van der Waals surface area contributed by atoms with Crippen molar-refractivity contribution in [1.29, 1.82) is 0 Å². The van der Waals surface area contributed by atoms with Crippen LogP contribution >= 0.6 is 0 Å². The SMILES string of the molecule is CCC(NC(=O)c1cc(-c2ccccc2)n[nH]1)c1ncc(-c2ccccc2)[nH]1. The topological polar surface area (TPSA) is 86.5 Å². The predicted molar refractivity (Wildman–Crippen MR) is 109 cm³/mol. The molecule has 6 heteroatoms. The first kappa shape index (κ1) is 17.7. The minimum atomic E-state index is -0.214. The minimum absolute atomic E-state index is 0.209. The fourth-order valence-corrected chi connectivity index (χ4v) is 3.07. The lowest BCUT2D eigenvalue weighted by molar-refractivity contribution is 0.0929. The standard InChI is InChI=1S/C22H21N5O/c1-2-17(21-23-14-20(24-21)16-11-7-4-8-12-16)25-22(28)19-13-18(26-27-19)15-9-5-3-6-10-15/h3-14,17H,2H2,1H3,(H,23,24)(H,25,28)(H,26,27). The van der Waals surface area contributed by atoms with Gasteiger partial charge in [0.15, 0.2) is 0 Å². The van der Waals surface area contributed by atoms with Gasteiger partial charge in [-0.1, -0.05) is 67.6 Å². The van der Waals surface area contributed by atoms with Gasteiger partial charge in [-0.15, -0.1) is 0 Å². The van der Waals surface area contributed by atoms with Gasteiger partial charge in [-0.3, -0.25) is 9.89 Å². The maximum Gasteiger partial charge on any atom is 0.269 e. The van der Waals surface area contributed by atoms with Crippen molar-refractivity contribution in [3.05, 3.63) is 84.4 Å². The van der Waals surface area contributed by atoms with E-state index in [1.807, 2.05) is 67.6 Å². The number of nitrogens with one attached hydrogen (secondary N) is 3. The van der Waals surface area contributed by atoms with Crippen LogP contribution in [-0.4, -0.2) is 26.1 Å². The number of carbonyl (C=O) groups excluding carboxylic acids is 1. The Kier molecular flexibility index (Phi) is 5.01. The molecule has 2 aromatic carbocycles. The average molecular weight is 371 g/mol. The molecule has 4 aromatic rings. The number of nitrogens with zero attached hydrogens (tertiary/aromatic N) is 2. The van der Waals surface area contributed by atoms with Gasteiger partial charge in [0.2, 0.25) is 0 Å². The highest BCUT2D eigenvalue weighted by atomic mass is 16.2. The van der Waals surface area contributed by atoms with Crippen molar-refractivity contribution in [2.75, 3.05) is 0 Å². The first-order valence-corrected chi connectivity index (χ1v) is 9.26. The highest BCUT2D eigenvalue weighted by Crippen LogP contribution is 2.21. The summed E-state index contributed by atoms with van der Waals surface area (Å²) < 4.78 is 0. The van der Waals surface area contributed by atoms with Crippen LogP contribution in [0.5, 0.6) is 0 Å². The summed E-state index contributed by atoms with van der Waals surface area (Å²) in [6.45, 7) is 2.01. The second kappa shape index (κ2) is 7.92. The molecule has 0 spiro atoms. The molecule has 1 amide bonds. The first-order chi connectivity index (χ1) is 13.7. The third-order valence-corrected chi connectivity index (χ3v) is 4.62. The molecule has 0 bridgehead atoms. The number of aromatic nitrogens is 4. The van der Waals surface area contributed by atoms with Crippen LogP contribution in [0, 0.1) is 0 Å². The van der Waals surface area contributed by atoms with E-state index in [4.69, 9.17) is 0 Å². The Bertz CT molecular complexity index is 1050. The fourth-order valence-electron chi connectivity index (χ4n) is 3.07. The van der Waals surface area contributed by atoms with Gasteiger partial charge in [0, 0.05) is 5.56 Å². The molecule has 4 rings (SSSR count). The molecule has 0 saturated carbocycles. The van der Waals surface area contributed by atoms with Crippen molar-refractivity contribution in [3.63, 3.8) is 0 Å². The normalized spacial score (nSPS) is 11.9. The molecule has 3 N–H and O–H groups in total. The summed E-state index contributed by atoms with van der Waals surface area (Å²) in [6.07, 6.45) is 2.51. The van der Waals surface area contributed by atoms with Gasteiger partial charge in [0.25, 0.3) is 5.91 Å². The van der Waals surface area contributed by atoms with Crippen molar-refractivity contribution in [2.24, 2.45) is 0 Å². The van der Waals surface area contributed by atoms with E-state index in [0.29, 0.717) is 12.1 Å². The lowest BCUT2D eigenvalue weighted by atomic mass is 10.1. The Morgan fingerprint density at radius 1 is 1.04 bits per heavy atom. The van der Waals surface area contributed by atoms with Gasteiger partial charge in [-0.05, 0) is 18.1 Å². The van der Waals surface area contributed by atoms with Crippen molar-refractivity contribution in [1.82, 2.24) is 25.5 Å². The smallest absolute Gasteiger partial charge is 0.269 e. The summed E-state index contributed by atoms with van der Waals surface area (Å²) in [4.78, 5) is 20.5. The molecule has 6 nitrogen and oxygen atoms in total. The predicted octanol–water partition coefficient (Wildman–Crippen LogP) is 4.35. The minimum Gasteiger partial charge on any atom is -0.341 e. The van der Waals surface area contributed by atoms with Crippen LogP contribution in [0.15, 0.2) is 72.9 Å². The Labute approximate surface area is 163 Å². The Hall–Kier alpha value is -3.67. The molecule has 1 unspecified atom stereocenters. The molecule has 0 fully saturated rings. The van der Waals surface area contributed by atoms with Crippen LogP contribution < -0.4 is 5.32 Å². The Balaban J connectivity index is 1.49. The number of amides is 1. The van der Waals surface area contributed by atoms with Crippen molar-refractivity contribution in [3.8, 4) is 22.5 Å². The van der Waals surface area contributed by atoms with Gasteiger partial charge in [-0.25, -0.2) is 4.98 Å². The molecule has 0 saturated heterocycles. The second-order valence-electron chi connectivity index (χ2n) is 6.52. The molecular formula is C22H21N5O. The molecule has 0 aliphatic carbocycles. The number of rotatable bonds is 6. The lowest BCUT2D eigenvalue weighted by Crippen LogP contribution is -2.29. The third kappa shape index (κ3) is 3.71.